The molecule has 2 unspecified atom stereocenters. The molecule has 0 aliphatic heterocycles. The Morgan fingerprint density at radius 3 is 2.74 bits per heavy atom. The van der Waals surface area contributed by atoms with Gasteiger partial charge in [-0.2, -0.15) is 0 Å². The average Bonchev–Trinajstić information content (AvgIpc) is 3.26. The molecule has 2 atom stereocenters. The molecule has 2 aliphatic carbocycles. The van der Waals surface area contributed by atoms with Gasteiger partial charge in [0.2, 0.25) is 0 Å². The first-order valence-electron chi connectivity index (χ1n) is 7.42. The maximum Gasteiger partial charge on any atom is 0.119 e. The van der Waals surface area contributed by atoms with Crippen molar-refractivity contribution in [3.63, 3.8) is 0 Å². The van der Waals surface area contributed by atoms with Crippen LogP contribution in [0.3, 0.4) is 0 Å². The Balaban J connectivity index is 1.84. The van der Waals surface area contributed by atoms with Crippen LogP contribution in [0.25, 0.3) is 0 Å². The van der Waals surface area contributed by atoms with E-state index in [0.717, 1.165) is 24.8 Å². The third-order valence-electron chi connectivity index (χ3n) is 4.64. The first kappa shape index (κ1) is 12.9. The molecule has 104 valence electrons. The van der Waals surface area contributed by atoms with Crippen LogP contribution < -0.4 is 10.5 Å². The molecule has 0 heterocycles. The number of fused-ring (bicyclic) bond motifs is 1. The van der Waals surface area contributed by atoms with Gasteiger partial charge in [0, 0.05) is 18.1 Å². The van der Waals surface area contributed by atoms with Crippen molar-refractivity contribution in [1.82, 2.24) is 4.90 Å². The second-order valence-electron chi connectivity index (χ2n) is 5.76. The summed E-state index contributed by atoms with van der Waals surface area (Å²) in [7, 11) is 1.72. The summed E-state index contributed by atoms with van der Waals surface area (Å²) in [6.45, 7) is 3.38. The van der Waals surface area contributed by atoms with E-state index in [-0.39, 0.29) is 6.04 Å². The predicted molar refractivity (Wildman–Crippen MR) is 77.4 cm³/mol. The zero-order chi connectivity index (χ0) is 13.4. The van der Waals surface area contributed by atoms with Gasteiger partial charge in [-0.25, -0.2) is 0 Å². The standard InChI is InChI=1S/C16H24N2O/c1-3-18(12-5-6-12)15-9-4-11-10-13(19-2)7-8-14(11)16(15)17/h7-8,10,12,15-16H,3-6,9,17H2,1-2H3. The summed E-state index contributed by atoms with van der Waals surface area (Å²) in [5.41, 5.74) is 9.23. The van der Waals surface area contributed by atoms with Crippen LogP contribution in [-0.4, -0.2) is 30.6 Å². The highest BCUT2D eigenvalue weighted by Gasteiger charge is 2.38. The normalized spacial score (nSPS) is 26.3. The van der Waals surface area contributed by atoms with E-state index in [4.69, 9.17) is 10.5 Å². The molecular weight excluding hydrogens is 236 g/mol. The van der Waals surface area contributed by atoms with E-state index in [1.54, 1.807) is 7.11 Å². The molecule has 1 saturated carbocycles. The molecule has 1 aromatic rings. The maximum absolute atomic E-state index is 6.54. The molecule has 0 amide bonds. The number of hydrogen-bond donors (Lipinski definition) is 1. The third-order valence-corrected chi connectivity index (χ3v) is 4.64. The van der Waals surface area contributed by atoms with E-state index in [1.165, 1.54) is 30.4 Å². The largest absolute Gasteiger partial charge is 0.497 e. The van der Waals surface area contributed by atoms with Crippen LogP contribution in [-0.2, 0) is 6.42 Å². The molecule has 2 aliphatic rings. The van der Waals surface area contributed by atoms with Gasteiger partial charge in [0.15, 0.2) is 0 Å². The van der Waals surface area contributed by atoms with Gasteiger partial charge in [-0.15, -0.1) is 0 Å². The van der Waals surface area contributed by atoms with Crippen LogP contribution in [0.2, 0.25) is 0 Å². The molecule has 19 heavy (non-hydrogen) atoms. The van der Waals surface area contributed by atoms with Crippen LogP contribution in [0.1, 0.15) is 43.4 Å². The molecular formula is C16H24N2O. The summed E-state index contributed by atoms with van der Waals surface area (Å²) in [4.78, 5) is 2.62. The minimum absolute atomic E-state index is 0.148. The number of benzene rings is 1. The minimum Gasteiger partial charge on any atom is -0.497 e. The summed E-state index contributed by atoms with van der Waals surface area (Å²) in [6, 6.07) is 7.80. The number of hydrogen-bond acceptors (Lipinski definition) is 3. The first-order chi connectivity index (χ1) is 9.24. The molecule has 0 saturated heterocycles. The number of aryl methyl sites for hydroxylation is 1. The van der Waals surface area contributed by atoms with E-state index in [2.05, 4.69) is 24.0 Å². The van der Waals surface area contributed by atoms with Crippen LogP contribution in [0, 0.1) is 0 Å². The van der Waals surface area contributed by atoms with Crippen LogP contribution in [0.5, 0.6) is 5.75 Å². The Labute approximate surface area is 115 Å². The quantitative estimate of drug-likeness (QED) is 0.904. The van der Waals surface area contributed by atoms with Crippen molar-refractivity contribution >= 4 is 0 Å². The van der Waals surface area contributed by atoms with E-state index < -0.39 is 0 Å². The molecule has 2 N–H and O–H groups in total. The van der Waals surface area contributed by atoms with E-state index >= 15 is 0 Å². The second-order valence-corrected chi connectivity index (χ2v) is 5.76. The van der Waals surface area contributed by atoms with Crippen molar-refractivity contribution < 1.29 is 4.74 Å². The highest BCUT2D eigenvalue weighted by Crippen LogP contribution is 2.38. The minimum atomic E-state index is 0.148. The van der Waals surface area contributed by atoms with Crippen molar-refractivity contribution in [3.05, 3.63) is 29.3 Å². The van der Waals surface area contributed by atoms with Gasteiger partial charge in [-0.3, -0.25) is 4.90 Å². The zero-order valence-corrected chi connectivity index (χ0v) is 11.9. The Morgan fingerprint density at radius 1 is 1.32 bits per heavy atom. The lowest BCUT2D eigenvalue weighted by molar-refractivity contribution is 0.154. The molecule has 0 bridgehead atoms. The van der Waals surface area contributed by atoms with Gasteiger partial charge >= 0.3 is 0 Å². The smallest absolute Gasteiger partial charge is 0.119 e. The number of nitrogens with two attached hydrogens (primary N) is 1. The molecule has 0 spiro atoms. The van der Waals surface area contributed by atoms with Crippen molar-refractivity contribution in [1.29, 1.82) is 0 Å². The average molecular weight is 260 g/mol. The molecule has 3 rings (SSSR count). The number of likely N-dealkylation sites (N-methyl/N-ethyl adjacent to an activating group) is 1. The van der Waals surface area contributed by atoms with Gasteiger partial charge in [-0.05, 0) is 55.5 Å². The van der Waals surface area contributed by atoms with Crippen molar-refractivity contribution in [2.24, 2.45) is 5.73 Å². The summed E-state index contributed by atoms with van der Waals surface area (Å²) < 4.78 is 5.31. The van der Waals surface area contributed by atoms with Crippen LogP contribution >= 0.6 is 0 Å². The van der Waals surface area contributed by atoms with Crippen molar-refractivity contribution in [2.45, 2.75) is 50.7 Å². The Bertz CT molecular complexity index is 456. The zero-order valence-electron chi connectivity index (χ0n) is 11.9. The maximum atomic E-state index is 6.54. The van der Waals surface area contributed by atoms with Crippen LogP contribution in [0.15, 0.2) is 18.2 Å². The van der Waals surface area contributed by atoms with Crippen LogP contribution in [0.4, 0.5) is 0 Å². The Hall–Kier alpha value is -1.06. The Morgan fingerprint density at radius 2 is 2.11 bits per heavy atom. The van der Waals surface area contributed by atoms with Gasteiger partial charge in [0.1, 0.15) is 5.75 Å². The summed E-state index contributed by atoms with van der Waals surface area (Å²) >= 11 is 0. The van der Waals surface area contributed by atoms with Gasteiger partial charge in [-0.1, -0.05) is 13.0 Å². The third kappa shape index (κ3) is 2.37. The SMILES string of the molecule is CCN(C1CC1)C1CCc2cc(OC)ccc2C1N. The fourth-order valence-corrected chi connectivity index (χ4v) is 3.48. The molecule has 1 aromatic carbocycles. The highest BCUT2D eigenvalue weighted by atomic mass is 16.5. The second kappa shape index (κ2) is 5.14. The molecule has 1 fully saturated rings. The van der Waals surface area contributed by atoms with E-state index in [1.807, 2.05) is 6.07 Å². The fourth-order valence-electron chi connectivity index (χ4n) is 3.48. The summed E-state index contributed by atoms with van der Waals surface area (Å²) in [5.74, 6) is 0.943. The first-order valence-corrected chi connectivity index (χ1v) is 7.42. The van der Waals surface area contributed by atoms with Gasteiger partial charge in [0.05, 0.1) is 7.11 Å². The molecule has 3 nitrogen and oxygen atoms in total. The highest BCUT2D eigenvalue weighted by molar-refractivity contribution is 5.40. The molecule has 0 aromatic heterocycles. The lowest BCUT2D eigenvalue weighted by Gasteiger charge is -2.39. The summed E-state index contributed by atoms with van der Waals surface area (Å²) in [5, 5.41) is 0. The number of nitrogens with zero attached hydrogens (tertiary/aromatic N) is 1. The van der Waals surface area contributed by atoms with Gasteiger partial charge < -0.3 is 10.5 Å². The summed E-state index contributed by atoms with van der Waals surface area (Å²) in [6.07, 6.45) is 5.00. The molecule has 3 heteroatoms. The van der Waals surface area contributed by atoms with Gasteiger partial charge in [0.25, 0.3) is 0 Å². The lowest BCUT2D eigenvalue weighted by Crippen LogP contribution is -2.46. The van der Waals surface area contributed by atoms with Crippen molar-refractivity contribution in [2.75, 3.05) is 13.7 Å². The van der Waals surface area contributed by atoms with E-state index in [0.29, 0.717) is 6.04 Å². The van der Waals surface area contributed by atoms with Crippen molar-refractivity contribution in [3.8, 4) is 5.75 Å². The van der Waals surface area contributed by atoms with E-state index in [9.17, 15) is 0 Å². The number of rotatable bonds is 4. The predicted octanol–water partition coefficient (Wildman–Crippen LogP) is 2.49. The number of ether oxygens (including phenoxy) is 1. The lowest BCUT2D eigenvalue weighted by atomic mass is 9.83. The Kier molecular flexibility index (Phi) is 3.50. The number of methoxy groups -OCH3 is 1. The monoisotopic (exact) mass is 260 g/mol. The topological polar surface area (TPSA) is 38.5 Å². The fraction of sp³-hybridized carbons (Fsp3) is 0.625. The molecule has 0 radical (unpaired) electrons.